The van der Waals surface area contributed by atoms with E-state index in [4.69, 9.17) is 10.4 Å². The normalized spacial score (nSPS) is 23.0. The number of hydrogen-bond donors (Lipinski definition) is 2. The van der Waals surface area contributed by atoms with Gasteiger partial charge in [0.05, 0.1) is 5.25 Å². The van der Waals surface area contributed by atoms with Gasteiger partial charge >= 0.3 is 6.01 Å². The molecule has 1 unspecified atom stereocenters. The zero-order chi connectivity index (χ0) is 9.10. The monoisotopic (exact) mass is 218 g/mol. The number of nitrogens with one attached hydrogen (secondary N) is 1. The Morgan fingerprint density at radius 3 is 3.08 bits per heavy atom. The molecule has 1 saturated heterocycles. The second kappa shape index (κ2) is 4.21. The third kappa shape index (κ3) is 2.09. The van der Waals surface area contributed by atoms with Gasteiger partial charge in [-0.3, -0.25) is 5.43 Å². The van der Waals surface area contributed by atoms with Crippen molar-refractivity contribution < 1.29 is 4.52 Å². The molecule has 1 atom stereocenters. The molecule has 0 spiro atoms. The zero-order valence-electron chi connectivity index (χ0n) is 6.90. The minimum Gasteiger partial charge on any atom is -0.314 e. The molecule has 1 aromatic rings. The molecule has 0 bridgehead atoms. The van der Waals surface area contributed by atoms with E-state index >= 15 is 0 Å². The van der Waals surface area contributed by atoms with Gasteiger partial charge in [-0.15, -0.1) is 11.8 Å². The molecule has 1 aliphatic rings. The maximum atomic E-state index is 5.13. The Kier molecular flexibility index (Phi) is 2.97. The van der Waals surface area contributed by atoms with Crippen LogP contribution in [0.1, 0.15) is 11.1 Å². The van der Waals surface area contributed by atoms with E-state index in [1.165, 1.54) is 5.75 Å². The lowest BCUT2D eigenvalue weighted by atomic mass is 10.4. The van der Waals surface area contributed by atoms with Crippen molar-refractivity contribution in [2.75, 3.05) is 22.7 Å². The number of hydrazine groups is 1. The molecule has 0 saturated carbocycles. The van der Waals surface area contributed by atoms with E-state index in [-0.39, 0.29) is 6.01 Å². The van der Waals surface area contributed by atoms with Gasteiger partial charge in [0, 0.05) is 17.3 Å². The predicted octanol–water partition coefficient (Wildman–Crippen LogP) is 0.876. The summed E-state index contributed by atoms with van der Waals surface area (Å²) in [5.41, 5.74) is 2.33. The average molecular weight is 218 g/mol. The van der Waals surface area contributed by atoms with E-state index < -0.39 is 0 Å². The number of thioether (sulfide) groups is 2. The summed E-state index contributed by atoms with van der Waals surface area (Å²) in [7, 11) is 0. The van der Waals surface area contributed by atoms with Crippen molar-refractivity contribution in [3.8, 4) is 0 Å². The van der Waals surface area contributed by atoms with Crippen molar-refractivity contribution in [2.45, 2.75) is 5.25 Å². The van der Waals surface area contributed by atoms with Crippen LogP contribution in [0.2, 0.25) is 0 Å². The van der Waals surface area contributed by atoms with Crippen LogP contribution in [-0.4, -0.2) is 27.4 Å². The lowest BCUT2D eigenvalue weighted by Gasteiger charge is -2.16. The molecular formula is C6H10N4OS2. The molecule has 5 nitrogen and oxygen atoms in total. The van der Waals surface area contributed by atoms with Gasteiger partial charge in [-0.2, -0.15) is 16.7 Å². The van der Waals surface area contributed by atoms with Gasteiger partial charge in [-0.25, -0.2) is 5.84 Å². The summed E-state index contributed by atoms with van der Waals surface area (Å²) in [6.45, 7) is 0. The van der Waals surface area contributed by atoms with Crippen molar-refractivity contribution in [3.05, 3.63) is 5.82 Å². The summed E-state index contributed by atoms with van der Waals surface area (Å²) in [5, 5.41) is 4.20. The molecule has 0 aliphatic carbocycles. The van der Waals surface area contributed by atoms with Crippen LogP contribution in [0, 0.1) is 0 Å². The molecule has 0 amide bonds. The molecule has 13 heavy (non-hydrogen) atoms. The van der Waals surface area contributed by atoms with Crippen molar-refractivity contribution >= 4 is 29.5 Å². The molecule has 0 radical (unpaired) electrons. The highest BCUT2D eigenvalue weighted by atomic mass is 32.2. The Bertz CT molecular complexity index is 273. The number of nitrogens with two attached hydrogens (primary N) is 1. The largest absolute Gasteiger partial charge is 0.335 e. The van der Waals surface area contributed by atoms with Crippen LogP contribution < -0.4 is 11.3 Å². The Morgan fingerprint density at radius 1 is 1.54 bits per heavy atom. The van der Waals surface area contributed by atoms with E-state index in [9.17, 15) is 0 Å². The highest BCUT2D eigenvalue weighted by molar-refractivity contribution is 8.06. The average Bonchev–Trinajstić information content (AvgIpc) is 2.67. The summed E-state index contributed by atoms with van der Waals surface area (Å²) >= 11 is 3.79. The number of aromatic nitrogens is 2. The number of rotatable bonds is 2. The van der Waals surface area contributed by atoms with Gasteiger partial charge in [-0.05, 0) is 0 Å². The molecule has 72 valence electrons. The third-order valence-electron chi connectivity index (χ3n) is 1.67. The van der Waals surface area contributed by atoms with Crippen LogP contribution in [0.4, 0.5) is 6.01 Å². The second-order valence-corrected chi connectivity index (χ2v) is 5.00. The Labute approximate surface area is 84.2 Å². The Hall–Kier alpha value is -0.400. The minimum absolute atomic E-state index is 0.283. The van der Waals surface area contributed by atoms with E-state index in [1.54, 1.807) is 0 Å². The van der Waals surface area contributed by atoms with E-state index in [2.05, 4.69) is 15.6 Å². The van der Waals surface area contributed by atoms with Crippen molar-refractivity contribution in [2.24, 2.45) is 5.84 Å². The molecule has 0 aromatic carbocycles. The number of nitrogens with zero attached hydrogens (tertiary/aromatic N) is 2. The first-order valence-electron chi connectivity index (χ1n) is 3.89. The van der Waals surface area contributed by atoms with E-state index in [0.717, 1.165) is 17.3 Å². The summed E-state index contributed by atoms with van der Waals surface area (Å²) < 4.78 is 4.85. The maximum absolute atomic E-state index is 5.13. The molecular weight excluding hydrogens is 208 g/mol. The van der Waals surface area contributed by atoms with Crippen molar-refractivity contribution in [1.82, 2.24) is 10.1 Å². The molecule has 3 N–H and O–H groups in total. The number of hydrogen-bond acceptors (Lipinski definition) is 7. The Morgan fingerprint density at radius 2 is 2.46 bits per heavy atom. The minimum atomic E-state index is 0.283. The molecule has 1 aliphatic heterocycles. The molecule has 2 heterocycles. The van der Waals surface area contributed by atoms with Gasteiger partial charge in [0.15, 0.2) is 5.82 Å². The van der Waals surface area contributed by atoms with Crippen LogP contribution in [0.5, 0.6) is 0 Å². The Balaban J connectivity index is 2.05. The van der Waals surface area contributed by atoms with E-state index in [1.807, 2.05) is 23.5 Å². The quantitative estimate of drug-likeness (QED) is 0.563. The molecule has 2 rings (SSSR count). The summed E-state index contributed by atoms with van der Waals surface area (Å²) in [5.74, 6) is 9.28. The first-order valence-corrected chi connectivity index (χ1v) is 6.10. The molecule has 7 heteroatoms. The maximum Gasteiger partial charge on any atom is 0.335 e. The van der Waals surface area contributed by atoms with Crippen LogP contribution in [0.25, 0.3) is 0 Å². The van der Waals surface area contributed by atoms with Crippen LogP contribution >= 0.6 is 23.5 Å². The lowest BCUT2D eigenvalue weighted by Crippen LogP contribution is -2.09. The first kappa shape index (κ1) is 9.17. The predicted molar refractivity (Wildman–Crippen MR) is 54.6 cm³/mol. The number of anilines is 1. The zero-order valence-corrected chi connectivity index (χ0v) is 8.53. The van der Waals surface area contributed by atoms with E-state index in [0.29, 0.717) is 5.25 Å². The van der Waals surface area contributed by atoms with Gasteiger partial charge < -0.3 is 4.52 Å². The third-order valence-corrected chi connectivity index (χ3v) is 4.42. The number of nitrogen functional groups attached to an aromatic ring is 1. The highest BCUT2D eigenvalue weighted by Gasteiger charge is 2.21. The van der Waals surface area contributed by atoms with Gasteiger partial charge in [-0.1, -0.05) is 5.16 Å². The summed E-state index contributed by atoms with van der Waals surface area (Å²) in [6.07, 6.45) is 0. The van der Waals surface area contributed by atoms with Gasteiger partial charge in [0.1, 0.15) is 0 Å². The van der Waals surface area contributed by atoms with Gasteiger partial charge in [0.2, 0.25) is 0 Å². The van der Waals surface area contributed by atoms with Crippen molar-refractivity contribution in [1.29, 1.82) is 0 Å². The fraction of sp³-hybridized carbons (Fsp3) is 0.667. The summed E-state index contributed by atoms with van der Waals surface area (Å²) in [4.78, 5) is 4.10. The van der Waals surface area contributed by atoms with Gasteiger partial charge in [0.25, 0.3) is 0 Å². The van der Waals surface area contributed by atoms with Crippen LogP contribution in [-0.2, 0) is 0 Å². The fourth-order valence-corrected chi connectivity index (χ4v) is 3.65. The van der Waals surface area contributed by atoms with Crippen LogP contribution in [0.3, 0.4) is 0 Å². The lowest BCUT2D eigenvalue weighted by molar-refractivity contribution is 0.423. The molecule has 1 fully saturated rings. The highest BCUT2D eigenvalue weighted by Crippen LogP contribution is 2.35. The second-order valence-electron chi connectivity index (χ2n) is 2.54. The topological polar surface area (TPSA) is 77.0 Å². The van der Waals surface area contributed by atoms with Crippen molar-refractivity contribution in [3.63, 3.8) is 0 Å². The first-order chi connectivity index (χ1) is 6.40. The smallest absolute Gasteiger partial charge is 0.314 e. The fourth-order valence-electron chi connectivity index (χ4n) is 1.06. The molecule has 1 aromatic heterocycles. The SMILES string of the molecule is NNc1nc(C2CSCCS2)no1. The summed E-state index contributed by atoms with van der Waals surface area (Å²) in [6, 6.07) is 0.283. The standard InChI is InChI=1S/C6H10N4OS2/c7-9-6-8-5(10-11-6)4-3-12-1-2-13-4/h4H,1-3,7H2,(H,8,9,10). The van der Waals surface area contributed by atoms with Crippen LogP contribution in [0.15, 0.2) is 4.52 Å².